The predicted octanol–water partition coefficient (Wildman–Crippen LogP) is 2.97. The van der Waals surface area contributed by atoms with Gasteiger partial charge in [0.1, 0.15) is 6.29 Å². The SMILES string of the molecule is CC1(C)OC[C@@H](CCCc2ccc(C=O)cc2)O1. The molecule has 3 heteroatoms. The lowest BCUT2D eigenvalue weighted by atomic mass is 10.0. The Morgan fingerprint density at radius 1 is 1.33 bits per heavy atom. The van der Waals surface area contributed by atoms with Crippen LogP contribution in [0.2, 0.25) is 0 Å². The van der Waals surface area contributed by atoms with E-state index in [0.29, 0.717) is 6.61 Å². The van der Waals surface area contributed by atoms with E-state index in [0.717, 1.165) is 31.1 Å². The Morgan fingerprint density at radius 3 is 2.61 bits per heavy atom. The molecule has 0 amide bonds. The lowest BCUT2D eigenvalue weighted by Gasteiger charge is -2.16. The second-order valence-corrected chi connectivity index (χ2v) is 5.20. The number of benzene rings is 1. The van der Waals surface area contributed by atoms with E-state index in [9.17, 15) is 4.79 Å². The molecule has 0 saturated carbocycles. The van der Waals surface area contributed by atoms with Gasteiger partial charge in [-0.05, 0) is 38.7 Å². The Bertz CT molecular complexity index is 395. The Morgan fingerprint density at radius 2 is 2.06 bits per heavy atom. The van der Waals surface area contributed by atoms with Crippen molar-refractivity contribution < 1.29 is 14.3 Å². The van der Waals surface area contributed by atoms with E-state index in [1.807, 2.05) is 38.1 Å². The highest BCUT2D eigenvalue weighted by Gasteiger charge is 2.31. The molecule has 0 aliphatic carbocycles. The van der Waals surface area contributed by atoms with Crippen LogP contribution in [-0.4, -0.2) is 24.8 Å². The van der Waals surface area contributed by atoms with E-state index in [4.69, 9.17) is 9.47 Å². The van der Waals surface area contributed by atoms with Crippen LogP contribution in [0.4, 0.5) is 0 Å². The first kappa shape index (κ1) is 13.2. The van der Waals surface area contributed by atoms with Crippen LogP contribution in [-0.2, 0) is 15.9 Å². The van der Waals surface area contributed by atoms with Crippen molar-refractivity contribution in [2.75, 3.05) is 6.61 Å². The molecule has 0 N–H and O–H groups in total. The van der Waals surface area contributed by atoms with E-state index in [1.165, 1.54) is 5.56 Å². The van der Waals surface area contributed by atoms with Gasteiger partial charge < -0.3 is 9.47 Å². The highest BCUT2D eigenvalue weighted by molar-refractivity contribution is 5.74. The molecule has 2 rings (SSSR count). The van der Waals surface area contributed by atoms with Crippen LogP contribution in [0.25, 0.3) is 0 Å². The molecule has 1 saturated heterocycles. The van der Waals surface area contributed by atoms with Crippen molar-refractivity contribution in [2.45, 2.75) is 45.0 Å². The Labute approximate surface area is 108 Å². The monoisotopic (exact) mass is 248 g/mol. The van der Waals surface area contributed by atoms with E-state index < -0.39 is 5.79 Å². The van der Waals surface area contributed by atoms with Crippen molar-refractivity contribution in [1.29, 1.82) is 0 Å². The van der Waals surface area contributed by atoms with Gasteiger partial charge in [-0.3, -0.25) is 4.79 Å². The zero-order chi connectivity index (χ0) is 13.0. The molecule has 0 aromatic heterocycles. The van der Waals surface area contributed by atoms with Gasteiger partial charge >= 0.3 is 0 Å². The molecule has 1 aliphatic heterocycles. The van der Waals surface area contributed by atoms with Crippen molar-refractivity contribution in [3.63, 3.8) is 0 Å². The zero-order valence-electron chi connectivity index (χ0n) is 11.0. The molecule has 1 heterocycles. The third-order valence-corrected chi connectivity index (χ3v) is 3.17. The summed E-state index contributed by atoms with van der Waals surface area (Å²) in [6.45, 7) is 4.59. The number of carbonyl (C=O) groups is 1. The molecule has 3 nitrogen and oxygen atoms in total. The zero-order valence-corrected chi connectivity index (χ0v) is 11.0. The number of hydrogen-bond acceptors (Lipinski definition) is 3. The van der Waals surface area contributed by atoms with E-state index in [2.05, 4.69) is 0 Å². The maximum atomic E-state index is 10.5. The van der Waals surface area contributed by atoms with Crippen molar-refractivity contribution in [1.82, 2.24) is 0 Å². The largest absolute Gasteiger partial charge is 0.348 e. The average molecular weight is 248 g/mol. The van der Waals surface area contributed by atoms with E-state index >= 15 is 0 Å². The van der Waals surface area contributed by atoms with Gasteiger partial charge in [-0.1, -0.05) is 24.3 Å². The van der Waals surface area contributed by atoms with E-state index in [-0.39, 0.29) is 6.10 Å². The molecule has 1 aromatic rings. The lowest BCUT2D eigenvalue weighted by molar-refractivity contribution is -0.139. The lowest BCUT2D eigenvalue weighted by Crippen LogP contribution is -2.21. The quantitative estimate of drug-likeness (QED) is 0.751. The number of ether oxygens (including phenoxy) is 2. The summed E-state index contributed by atoms with van der Waals surface area (Å²) in [5, 5.41) is 0. The third-order valence-electron chi connectivity index (χ3n) is 3.17. The van der Waals surface area contributed by atoms with Crippen molar-refractivity contribution >= 4 is 6.29 Å². The molecule has 1 aliphatic rings. The van der Waals surface area contributed by atoms with Gasteiger partial charge in [0.25, 0.3) is 0 Å². The Balaban J connectivity index is 1.73. The number of rotatable bonds is 5. The fourth-order valence-electron chi connectivity index (χ4n) is 2.20. The molecule has 0 spiro atoms. The standard InChI is InChI=1S/C15H20O3/c1-15(2)17-11-14(18-15)5-3-4-12-6-8-13(10-16)9-7-12/h6-10,14H,3-5,11H2,1-2H3/t14-/m1/s1. The summed E-state index contributed by atoms with van der Waals surface area (Å²) in [5.74, 6) is -0.420. The molecule has 1 atom stereocenters. The number of carbonyl (C=O) groups excluding carboxylic acids is 1. The minimum Gasteiger partial charge on any atom is -0.348 e. The highest BCUT2D eigenvalue weighted by Crippen LogP contribution is 2.25. The molecule has 0 unspecified atom stereocenters. The van der Waals surface area contributed by atoms with Gasteiger partial charge in [-0.25, -0.2) is 0 Å². The number of aryl methyl sites for hydroxylation is 1. The summed E-state index contributed by atoms with van der Waals surface area (Å²) < 4.78 is 11.3. The first-order chi connectivity index (χ1) is 8.59. The van der Waals surface area contributed by atoms with Crippen LogP contribution in [0.3, 0.4) is 0 Å². The van der Waals surface area contributed by atoms with Gasteiger partial charge in [0.2, 0.25) is 0 Å². The molecule has 18 heavy (non-hydrogen) atoms. The molecule has 1 fully saturated rings. The van der Waals surface area contributed by atoms with Crippen LogP contribution in [0.1, 0.15) is 42.6 Å². The first-order valence-corrected chi connectivity index (χ1v) is 6.45. The van der Waals surface area contributed by atoms with Crippen molar-refractivity contribution in [2.24, 2.45) is 0 Å². The maximum absolute atomic E-state index is 10.5. The fraction of sp³-hybridized carbons (Fsp3) is 0.533. The second kappa shape index (κ2) is 5.63. The summed E-state index contributed by atoms with van der Waals surface area (Å²) in [7, 11) is 0. The summed E-state index contributed by atoms with van der Waals surface area (Å²) in [6.07, 6.45) is 4.19. The topological polar surface area (TPSA) is 35.5 Å². The molecule has 0 bridgehead atoms. The van der Waals surface area contributed by atoms with Crippen LogP contribution < -0.4 is 0 Å². The maximum Gasteiger partial charge on any atom is 0.163 e. The Kier molecular flexibility index (Phi) is 4.15. The minimum atomic E-state index is -0.420. The van der Waals surface area contributed by atoms with Crippen molar-refractivity contribution in [3.8, 4) is 0 Å². The summed E-state index contributed by atoms with van der Waals surface area (Å²) >= 11 is 0. The van der Waals surface area contributed by atoms with Gasteiger partial charge in [0.05, 0.1) is 12.7 Å². The third kappa shape index (κ3) is 3.65. The summed E-state index contributed by atoms with van der Waals surface area (Å²) in [4.78, 5) is 10.5. The van der Waals surface area contributed by atoms with Gasteiger partial charge in [0, 0.05) is 5.56 Å². The minimum absolute atomic E-state index is 0.217. The van der Waals surface area contributed by atoms with Crippen molar-refractivity contribution in [3.05, 3.63) is 35.4 Å². The highest BCUT2D eigenvalue weighted by atomic mass is 16.7. The second-order valence-electron chi connectivity index (χ2n) is 5.20. The summed E-state index contributed by atoms with van der Waals surface area (Å²) in [6, 6.07) is 7.75. The van der Waals surface area contributed by atoms with Crippen LogP contribution >= 0.6 is 0 Å². The first-order valence-electron chi connectivity index (χ1n) is 6.45. The van der Waals surface area contributed by atoms with E-state index in [1.54, 1.807) is 0 Å². The van der Waals surface area contributed by atoms with Crippen LogP contribution in [0.15, 0.2) is 24.3 Å². The predicted molar refractivity (Wildman–Crippen MR) is 69.7 cm³/mol. The van der Waals surface area contributed by atoms with Gasteiger partial charge in [-0.15, -0.1) is 0 Å². The molecular formula is C15H20O3. The normalized spacial score (nSPS) is 22.0. The Hall–Kier alpha value is -1.19. The van der Waals surface area contributed by atoms with Crippen LogP contribution in [0.5, 0.6) is 0 Å². The molecule has 1 aromatic carbocycles. The van der Waals surface area contributed by atoms with Gasteiger partial charge in [0.15, 0.2) is 5.79 Å². The average Bonchev–Trinajstić information content (AvgIpc) is 2.70. The smallest absolute Gasteiger partial charge is 0.163 e. The molecule has 98 valence electrons. The van der Waals surface area contributed by atoms with Crippen LogP contribution in [0, 0.1) is 0 Å². The number of hydrogen-bond donors (Lipinski definition) is 0. The van der Waals surface area contributed by atoms with Gasteiger partial charge in [-0.2, -0.15) is 0 Å². The fourth-order valence-corrected chi connectivity index (χ4v) is 2.20. The molecular weight excluding hydrogens is 228 g/mol. The summed E-state index contributed by atoms with van der Waals surface area (Å²) in [5.41, 5.74) is 1.99. The molecule has 0 radical (unpaired) electrons. The number of aldehydes is 1.